The molecule has 0 saturated carbocycles. The van der Waals surface area contributed by atoms with Crippen LogP contribution in [-0.4, -0.2) is 38.5 Å². The lowest BCUT2D eigenvalue weighted by atomic mass is 10.2. The van der Waals surface area contributed by atoms with Gasteiger partial charge in [0.05, 0.1) is 25.0 Å². The van der Waals surface area contributed by atoms with E-state index in [1.807, 2.05) is 0 Å². The molecule has 1 rings (SSSR count). The van der Waals surface area contributed by atoms with Crippen LogP contribution in [-0.2, 0) is 9.53 Å². The summed E-state index contributed by atoms with van der Waals surface area (Å²) in [5, 5.41) is 7.46. The monoisotopic (exact) mass is 328 g/mol. The van der Waals surface area contributed by atoms with E-state index >= 15 is 0 Å². The summed E-state index contributed by atoms with van der Waals surface area (Å²) in [7, 11) is 1.46. The van der Waals surface area contributed by atoms with Gasteiger partial charge in [0.2, 0.25) is 5.96 Å². The van der Waals surface area contributed by atoms with Crippen molar-refractivity contribution < 1.29 is 19.0 Å². The second kappa shape index (κ2) is 8.73. The molecule has 0 saturated heterocycles. The van der Waals surface area contributed by atoms with E-state index < -0.39 is 5.97 Å². The number of carbonyl (C=O) groups excluding carboxylic acids is 1. The summed E-state index contributed by atoms with van der Waals surface area (Å²) >= 11 is 6.10. The summed E-state index contributed by atoms with van der Waals surface area (Å²) in [4.78, 5) is 11.3. The number of hydrogen-bond acceptors (Lipinski definition) is 6. The molecule has 0 aromatic heterocycles. The van der Waals surface area contributed by atoms with Crippen LogP contribution in [0.5, 0.6) is 11.5 Å². The Morgan fingerprint density at radius 2 is 2.09 bits per heavy atom. The molecule has 0 fully saturated rings. The van der Waals surface area contributed by atoms with Crippen molar-refractivity contribution in [1.29, 1.82) is 0 Å². The Kier molecular flexibility index (Phi) is 6.97. The summed E-state index contributed by atoms with van der Waals surface area (Å²) in [5.41, 5.74) is 10.8. The largest absolute Gasteiger partial charge is 0.493 e. The Hall–Kier alpha value is -2.48. The molecule has 0 amide bonds. The van der Waals surface area contributed by atoms with E-state index in [0.29, 0.717) is 22.1 Å². The molecule has 0 bridgehead atoms. The third-order valence-electron chi connectivity index (χ3n) is 2.30. The third-order valence-corrected chi connectivity index (χ3v) is 2.63. The predicted molar refractivity (Wildman–Crippen MR) is 83.5 cm³/mol. The minimum Gasteiger partial charge on any atom is -0.493 e. The van der Waals surface area contributed by atoms with E-state index in [2.05, 4.69) is 10.2 Å². The summed E-state index contributed by atoms with van der Waals surface area (Å²) in [6, 6.07) is 3.07. The van der Waals surface area contributed by atoms with Gasteiger partial charge in [-0.2, -0.15) is 5.10 Å². The molecule has 22 heavy (non-hydrogen) atoms. The molecule has 0 heterocycles. The van der Waals surface area contributed by atoms with E-state index in [4.69, 9.17) is 37.3 Å². The van der Waals surface area contributed by atoms with Crippen LogP contribution in [0.4, 0.5) is 0 Å². The fourth-order valence-electron chi connectivity index (χ4n) is 1.42. The molecule has 0 aliphatic rings. The van der Waals surface area contributed by atoms with Crippen LogP contribution in [0.25, 0.3) is 0 Å². The Balaban J connectivity index is 2.92. The highest BCUT2D eigenvalue weighted by Crippen LogP contribution is 2.32. The first-order valence-electron chi connectivity index (χ1n) is 6.25. The maximum atomic E-state index is 11.3. The average Bonchev–Trinajstić information content (AvgIpc) is 2.46. The Labute approximate surface area is 132 Å². The number of methoxy groups -OCH3 is 1. The zero-order chi connectivity index (χ0) is 16.5. The van der Waals surface area contributed by atoms with Crippen molar-refractivity contribution in [3.63, 3.8) is 0 Å². The number of nitrogens with zero attached hydrogens (tertiary/aromatic N) is 2. The highest BCUT2D eigenvalue weighted by atomic mass is 35.5. The third kappa shape index (κ3) is 5.49. The maximum absolute atomic E-state index is 11.3. The van der Waals surface area contributed by atoms with Gasteiger partial charge in [-0.15, -0.1) is 5.10 Å². The maximum Gasteiger partial charge on any atom is 0.344 e. The number of rotatable bonds is 7. The molecular weight excluding hydrogens is 312 g/mol. The SMILES string of the molecule is CCOC(=O)COc1cc(Cl)c(C=NN=C(N)N)cc1OC. The van der Waals surface area contributed by atoms with Crippen LogP contribution >= 0.6 is 11.6 Å². The van der Waals surface area contributed by atoms with Gasteiger partial charge in [-0.25, -0.2) is 4.79 Å². The number of benzene rings is 1. The first-order chi connectivity index (χ1) is 10.5. The van der Waals surface area contributed by atoms with E-state index in [1.54, 1.807) is 13.0 Å². The quantitative estimate of drug-likeness (QED) is 0.332. The normalized spacial score (nSPS) is 10.3. The molecule has 0 unspecified atom stereocenters. The van der Waals surface area contributed by atoms with Crippen molar-refractivity contribution in [2.45, 2.75) is 6.92 Å². The Morgan fingerprint density at radius 1 is 1.36 bits per heavy atom. The molecule has 1 aromatic rings. The number of nitrogens with two attached hydrogens (primary N) is 2. The number of halogens is 1. The number of esters is 1. The van der Waals surface area contributed by atoms with Gasteiger partial charge in [-0.1, -0.05) is 11.6 Å². The molecule has 120 valence electrons. The van der Waals surface area contributed by atoms with Crippen LogP contribution in [0.2, 0.25) is 5.02 Å². The summed E-state index contributed by atoms with van der Waals surface area (Å²) in [5.74, 6) is 0.0205. The number of guanidine groups is 1. The topological polar surface area (TPSA) is 122 Å². The van der Waals surface area contributed by atoms with Crippen molar-refractivity contribution >= 4 is 29.7 Å². The first kappa shape index (κ1) is 17.6. The van der Waals surface area contributed by atoms with Crippen LogP contribution in [0.3, 0.4) is 0 Å². The van der Waals surface area contributed by atoms with Crippen molar-refractivity contribution in [2.24, 2.45) is 21.7 Å². The van der Waals surface area contributed by atoms with Crippen LogP contribution in [0.15, 0.2) is 22.3 Å². The zero-order valence-corrected chi connectivity index (χ0v) is 13.0. The van der Waals surface area contributed by atoms with Crippen molar-refractivity contribution in [2.75, 3.05) is 20.3 Å². The fourth-order valence-corrected chi connectivity index (χ4v) is 1.62. The molecule has 0 aliphatic heterocycles. The van der Waals surface area contributed by atoms with Crippen molar-refractivity contribution in [3.8, 4) is 11.5 Å². The predicted octanol–water partition coefficient (Wildman–Crippen LogP) is 0.898. The van der Waals surface area contributed by atoms with Gasteiger partial charge in [0.15, 0.2) is 18.1 Å². The highest BCUT2D eigenvalue weighted by Gasteiger charge is 2.12. The zero-order valence-electron chi connectivity index (χ0n) is 12.2. The van der Waals surface area contributed by atoms with E-state index in [-0.39, 0.29) is 19.2 Å². The molecular formula is C13H17ClN4O4. The van der Waals surface area contributed by atoms with E-state index in [1.165, 1.54) is 19.4 Å². The Morgan fingerprint density at radius 3 is 2.68 bits per heavy atom. The van der Waals surface area contributed by atoms with Crippen LogP contribution < -0.4 is 20.9 Å². The smallest absolute Gasteiger partial charge is 0.344 e. The molecule has 8 nitrogen and oxygen atoms in total. The Bertz CT molecular complexity index is 586. The van der Waals surface area contributed by atoms with Crippen molar-refractivity contribution in [3.05, 3.63) is 22.7 Å². The molecule has 0 atom stereocenters. The second-order valence-electron chi connectivity index (χ2n) is 3.89. The summed E-state index contributed by atoms with van der Waals surface area (Å²) < 4.78 is 15.3. The molecule has 0 spiro atoms. The van der Waals surface area contributed by atoms with E-state index in [0.717, 1.165) is 0 Å². The highest BCUT2D eigenvalue weighted by molar-refractivity contribution is 6.33. The van der Waals surface area contributed by atoms with Gasteiger partial charge in [0.25, 0.3) is 0 Å². The lowest BCUT2D eigenvalue weighted by Gasteiger charge is -2.11. The number of carbonyl (C=O) groups is 1. The summed E-state index contributed by atoms with van der Waals surface area (Å²) in [6.07, 6.45) is 1.36. The fraction of sp³-hybridized carbons (Fsp3) is 0.308. The van der Waals surface area contributed by atoms with Gasteiger partial charge < -0.3 is 25.7 Å². The van der Waals surface area contributed by atoms with Gasteiger partial charge in [-0.3, -0.25) is 0 Å². The van der Waals surface area contributed by atoms with Gasteiger partial charge >= 0.3 is 5.97 Å². The van der Waals surface area contributed by atoms with Crippen LogP contribution in [0.1, 0.15) is 12.5 Å². The average molecular weight is 329 g/mol. The lowest BCUT2D eigenvalue weighted by molar-refractivity contribution is -0.145. The standard InChI is InChI=1S/C13H17ClN4O4/c1-3-21-12(19)7-22-11-5-9(14)8(4-10(11)20-2)6-17-18-13(15)16/h4-6H,3,7H2,1-2H3,(H4,15,16,18). The number of hydrogen-bond donors (Lipinski definition) is 2. The lowest BCUT2D eigenvalue weighted by Crippen LogP contribution is -2.21. The number of ether oxygens (including phenoxy) is 3. The van der Waals surface area contributed by atoms with Crippen molar-refractivity contribution in [1.82, 2.24) is 0 Å². The summed E-state index contributed by atoms with van der Waals surface area (Å²) in [6.45, 7) is 1.74. The minimum atomic E-state index is -0.487. The van der Waals surface area contributed by atoms with Gasteiger partial charge in [0.1, 0.15) is 0 Å². The van der Waals surface area contributed by atoms with E-state index in [9.17, 15) is 4.79 Å². The van der Waals surface area contributed by atoms with Gasteiger partial charge in [0, 0.05) is 11.6 Å². The molecule has 1 aromatic carbocycles. The van der Waals surface area contributed by atoms with Crippen LogP contribution in [0, 0.1) is 0 Å². The molecule has 4 N–H and O–H groups in total. The molecule has 9 heteroatoms. The van der Waals surface area contributed by atoms with Gasteiger partial charge in [-0.05, 0) is 13.0 Å². The molecule has 0 aliphatic carbocycles. The first-order valence-corrected chi connectivity index (χ1v) is 6.63. The minimum absolute atomic E-state index is 0.172. The second-order valence-corrected chi connectivity index (χ2v) is 4.29. The molecule has 0 radical (unpaired) electrons.